The first-order chi connectivity index (χ1) is 10.1. The van der Waals surface area contributed by atoms with E-state index in [-0.39, 0.29) is 11.5 Å². The normalized spacial score (nSPS) is 18.9. The molecule has 0 aliphatic carbocycles. The van der Waals surface area contributed by atoms with Crippen molar-refractivity contribution in [1.82, 2.24) is 19.4 Å². The average Bonchev–Trinajstić information content (AvgIpc) is 2.51. The van der Waals surface area contributed by atoms with Crippen LogP contribution in [-0.4, -0.2) is 38.4 Å². The molecule has 110 valence electrons. The van der Waals surface area contributed by atoms with E-state index in [1.54, 1.807) is 36.1 Å². The molecule has 1 aliphatic heterocycles. The zero-order chi connectivity index (χ0) is 14.8. The van der Waals surface area contributed by atoms with E-state index in [2.05, 4.69) is 9.97 Å². The molecule has 0 saturated carbocycles. The Labute approximate surface area is 122 Å². The number of piperidine rings is 1. The summed E-state index contributed by atoms with van der Waals surface area (Å²) in [6, 6.07) is 3.55. The van der Waals surface area contributed by atoms with Crippen LogP contribution in [0.15, 0.2) is 29.5 Å². The van der Waals surface area contributed by atoms with E-state index in [0.29, 0.717) is 30.0 Å². The molecule has 0 spiro atoms. The number of rotatable bonds is 2. The minimum absolute atomic E-state index is 0.102. The van der Waals surface area contributed by atoms with Gasteiger partial charge >= 0.3 is 0 Å². The van der Waals surface area contributed by atoms with Crippen LogP contribution in [0.25, 0.3) is 11.0 Å². The molecule has 2 aromatic rings. The highest BCUT2D eigenvalue weighted by Crippen LogP contribution is 2.18. The number of carbonyl (C=O) groups is 1. The standard InChI is InChI=1S/C15H18N4O2/c1-11(20)18-7-3-4-12(8-18)9-19-10-17-13-5-2-6-16-14(13)15(19)21/h2,5-6,10,12H,3-4,7-9H2,1H3/t12-/m0/s1. The van der Waals surface area contributed by atoms with Crippen LogP contribution in [0.3, 0.4) is 0 Å². The number of carbonyl (C=O) groups excluding carboxylic acids is 1. The lowest BCUT2D eigenvalue weighted by Gasteiger charge is -2.32. The van der Waals surface area contributed by atoms with Gasteiger partial charge < -0.3 is 4.90 Å². The largest absolute Gasteiger partial charge is 0.343 e. The molecule has 0 N–H and O–H groups in total. The molecule has 0 aromatic carbocycles. The van der Waals surface area contributed by atoms with E-state index >= 15 is 0 Å². The van der Waals surface area contributed by atoms with Crippen LogP contribution in [0.4, 0.5) is 0 Å². The fourth-order valence-electron chi connectivity index (χ4n) is 2.89. The molecular formula is C15H18N4O2. The molecule has 3 heterocycles. The highest BCUT2D eigenvalue weighted by molar-refractivity contribution is 5.73. The lowest BCUT2D eigenvalue weighted by Crippen LogP contribution is -2.40. The Kier molecular flexibility index (Phi) is 3.68. The van der Waals surface area contributed by atoms with Crippen molar-refractivity contribution in [3.8, 4) is 0 Å². The van der Waals surface area contributed by atoms with E-state index in [0.717, 1.165) is 19.4 Å². The van der Waals surface area contributed by atoms with Crippen molar-refractivity contribution in [1.29, 1.82) is 0 Å². The van der Waals surface area contributed by atoms with Crippen molar-refractivity contribution >= 4 is 16.9 Å². The quantitative estimate of drug-likeness (QED) is 0.827. The van der Waals surface area contributed by atoms with Gasteiger partial charge in [0.2, 0.25) is 5.91 Å². The molecule has 1 aliphatic rings. The summed E-state index contributed by atoms with van der Waals surface area (Å²) in [5, 5.41) is 0. The van der Waals surface area contributed by atoms with Crippen molar-refractivity contribution in [3.63, 3.8) is 0 Å². The Morgan fingerprint density at radius 1 is 1.43 bits per heavy atom. The van der Waals surface area contributed by atoms with Gasteiger partial charge in [-0.25, -0.2) is 9.97 Å². The molecule has 0 radical (unpaired) electrons. The fourth-order valence-corrected chi connectivity index (χ4v) is 2.89. The second kappa shape index (κ2) is 5.63. The van der Waals surface area contributed by atoms with Gasteiger partial charge in [-0.05, 0) is 30.9 Å². The molecule has 1 atom stereocenters. The molecular weight excluding hydrogens is 268 g/mol. The maximum atomic E-state index is 12.4. The molecule has 2 aromatic heterocycles. The fraction of sp³-hybridized carbons (Fsp3) is 0.467. The van der Waals surface area contributed by atoms with Crippen LogP contribution in [0, 0.1) is 5.92 Å². The Balaban J connectivity index is 1.83. The number of nitrogens with zero attached hydrogens (tertiary/aromatic N) is 4. The molecule has 0 bridgehead atoms. The Morgan fingerprint density at radius 3 is 3.10 bits per heavy atom. The highest BCUT2D eigenvalue weighted by Gasteiger charge is 2.22. The lowest BCUT2D eigenvalue weighted by atomic mass is 9.98. The van der Waals surface area contributed by atoms with E-state index in [9.17, 15) is 9.59 Å². The number of amides is 1. The highest BCUT2D eigenvalue weighted by atomic mass is 16.2. The molecule has 1 saturated heterocycles. The molecule has 6 nitrogen and oxygen atoms in total. The predicted molar refractivity (Wildman–Crippen MR) is 78.8 cm³/mol. The summed E-state index contributed by atoms with van der Waals surface area (Å²) in [4.78, 5) is 34.1. The smallest absolute Gasteiger partial charge is 0.279 e. The first-order valence-electron chi connectivity index (χ1n) is 7.21. The second-order valence-corrected chi connectivity index (χ2v) is 5.55. The summed E-state index contributed by atoms with van der Waals surface area (Å²) >= 11 is 0. The molecule has 1 amide bonds. The van der Waals surface area contributed by atoms with Gasteiger partial charge in [-0.1, -0.05) is 0 Å². The molecule has 21 heavy (non-hydrogen) atoms. The van der Waals surface area contributed by atoms with Gasteiger partial charge in [-0.15, -0.1) is 0 Å². The van der Waals surface area contributed by atoms with Crippen LogP contribution in [0.2, 0.25) is 0 Å². The van der Waals surface area contributed by atoms with Crippen LogP contribution in [0.1, 0.15) is 19.8 Å². The third-order valence-corrected chi connectivity index (χ3v) is 4.01. The molecule has 6 heteroatoms. The maximum Gasteiger partial charge on any atom is 0.279 e. The zero-order valence-corrected chi connectivity index (χ0v) is 12.0. The number of hydrogen-bond donors (Lipinski definition) is 0. The Hall–Kier alpha value is -2.24. The van der Waals surface area contributed by atoms with Gasteiger partial charge in [0.25, 0.3) is 5.56 Å². The van der Waals surface area contributed by atoms with E-state index < -0.39 is 0 Å². The van der Waals surface area contributed by atoms with Gasteiger partial charge in [0, 0.05) is 32.8 Å². The summed E-state index contributed by atoms with van der Waals surface area (Å²) in [5.74, 6) is 0.397. The number of likely N-dealkylation sites (tertiary alicyclic amines) is 1. The number of aromatic nitrogens is 3. The molecule has 0 unspecified atom stereocenters. The predicted octanol–water partition coefficient (Wildman–Crippen LogP) is 1.05. The lowest BCUT2D eigenvalue weighted by molar-refractivity contribution is -0.130. The minimum atomic E-state index is -0.111. The average molecular weight is 286 g/mol. The Bertz CT molecular complexity index is 725. The molecule has 1 fully saturated rings. The van der Waals surface area contributed by atoms with E-state index in [1.807, 2.05) is 4.90 Å². The Morgan fingerprint density at radius 2 is 2.29 bits per heavy atom. The van der Waals surface area contributed by atoms with Crippen molar-refractivity contribution in [2.45, 2.75) is 26.3 Å². The van der Waals surface area contributed by atoms with Gasteiger partial charge in [0.15, 0.2) is 5.52 Å². The number of fused-ring (bicyclic) bond motifs is 1. The van der Waals surface area contributed by atoms with Gasteiger partial charge in [-0.3, -0.25) is 14.2 Å². The summed E-state index contributed by atoms with van der Waals surface area (Å²) < 4.78 is 1.61. The van der Waals surface area contributed by atoms with Crippen molar-refractivity contribution < 1.29 is 4.79 Å². The van der Waals surface area contributed by atoms with E-state index in [4.69, 9.17) is 0 Å². The summed E-state index contributed by atoms with van der Waals surface area (Å²) in [6.07, 6.45) is 5.20. The van der Waals surface area contributed by atoms with Crippen LogP contribution < -0.4 is 5.56 Å². The van der Waals surface area contributed by atoms with Gasteiger partial charge in [0.1, 0.15) is 0 Å². The SMILES string of the molecule is CC(=O)N1CCC[C@H](Cn2cnc3cccnc3c2=O)C1. The topological polar surface area (TPSA) is 68.1 Å². The van der Waals surface area contributed by atoms with E-state index in [1.165, 1.54) is 0 Å². The minimum Gasteiger partial charge on any atom is -0.343 e. The maximum absolute atomic E-state index is 12.4. The van der Waals surface area contributed by atoms with Gasteiger partial charge in [0.05, 0.1) is 11.8 Å². The third kappa shape index (κ3) is 2.79. The summed E-state index contributed by atoms with van der Waals surface area (Å²) in [6.45, 7) is 3.71. The molecule has 3 rings (SSSR count). The van der Waals surface area contributed by atoms with Crippen LogP contribution in [0.5, 0.6) is 0 Å². The first-order valence-corrected chi connectivity index (χ1v) is 7.21. The van der Waals surface area contributed by atoms with Crippen molar-refractivity contribution in [2.75, 3.05) is 13.1 Å². The summed E-state index contributed by atoms with van der Waals surface area (Å²) in [7, 11) is 0. The summed E-state index contributed by atoms with van der Waals surface area (Å²) in [5.41, 5.74) is 0.910. The van der Waals surface area contributed by atoms with Crippen LogP contribution in [-0.2, 0) is 11.3 Å². The monoisotopic (exact) mass is 286 g/mol. The number of hydrogen-bond acceptors (Lipinski definition) is 4. The zero-order valence-electron chi connectivity index (χ0n) is 12.0. The third-order valence-electron chi connectivity index (χ3n) is 4.01. The van der Waals surface area contributed by atoms with Crippen molar-refractivity contribution in [3.05, 3.63) is 35.0 Å². The van der Waals surface area contributed by atoms with Crippen LogP contribution >= 0.6 is 0 Å². The van der Waals surface area contributed by atoms with Gasteiger partial charge in [-0.2, -0.15) is 0 Å². The van der Waals surface area contributed by atoms with Crippen molar-refractivity contribution in [2.24, 2.45) is 5.92 Å². The number of pyridine rings is 1. The second-order valence-electron chi connectivity index (χ2n) is 5.55. The first kappa shape index (κ1) is 13.7.